The fourth-order valence-corrected chi connectivity index (χ4v) is 3.69. The molecule has 1 saturated heterocycles. The van der Waals surface area contributed by atoms with Crippen LogP contribution in [0, 0.1) is 0 Å². The minimum Gasteiger partial charge on any atom is -0.444 e. The Bertz CT molecular complexity index is 408. The summed E-state index contributed by atoms with van der Waals surface area (Å²) in [7, 11) is 0. The summed E-state index contributed by atoms with van der Waals surface area (Å²) in [6.07, 6.45) is 9.68. The first-order valence-corrected chi connectivity index (χ1v) is 10.4. The Morgan fingerprint density at radius 1 is 1.04 bits per heavy atom. The summed E-state index contributed by atoms with van der Waals surface area (Å²) in [5.74, 6) is -0.367. The van der Waals surface area contributed by atoms with E-state index in [9.17, 15) is 4.79 Å². The standard InChI is InChI=1S/C20H38N2O4/c1-19(2,3)26-18(23)22-14-9-5-4-8-13-21-17-11-6-7-12-20(17)24-15-10-16-25-20/h17,21H,4-16H2,1-3H3,(H,22,23). The normalized spacial score (nSPS) is 23.0. The van der Waals surface area contributed by atoms with Gasteiger partial charge in [-0.1, -0.05) is 19.3 Å². The van der Waals surface area contributed by atoms with Gasteiger partial charge in [0.1, 0.15) is 5.60 Å². The van der Waals surface area contributed by atoms with Crippen LogP contribution in [0.1, 0.15) is 78.6 Å². The van der Waals surface area contributed by atoms with Crippen LogP contribution in [0.2, 0.25) is 0 Å². The molecule has 2 fully saturated rings. The van der Waals surface area contributed by atoms with E-state index in [4.69, 9.17) is 14.2 Å². The van der Waals surface area contributed by atoms with E-state index < -0.39 is 5.60 Å². The van der Waals surface area contributed by atoms with E-state index in [1.807, 2.05) is 20.8 Å². The lowest BCUT2D eigenvalue weighted by molar-refractivity contribution is -0.292. The number of carbonyl (C=O) groups excluding carboxylic acids is 1. The first-order valence-electron chi connectivity index (χ1n) is 10.4. The number of carbonyl (C=O) groups is 1. The lowest BCUT2D eigenvalue weighted by atomic mass is 9.88. The highest BCUT2D eigenvalue weighted by Gasteiger charge is 2.44. The van der Waals surface area contributed by atoms with Crippen LogP contribution in [0.4, 0.5) is 4.79 Å². The second-order valence-electron chi connectivity index (χ2n) is 8.46. The molecule has 1 aliphatic carbocycles. The van der Waals surface area contributed by atoms with Crippen molar-refractivity contribution in [2.45, 2.75) is 96.0 Å². The van der Waals surface area contributed by atoms with Crippen LogP contribution in [0.25, 0.3) is 0 Å². The number of ether oxygens (including phenoxy) is 3. The topological polar surface area (TPSA) is 68.8 Å². The molecule has 0 aromatic carbocycles. The Kier molecular flexibility index (Phi) is 8.64. The highest BCUT2D eigenvalue weighted by molar-refractivity contribution is 5.67. The summed E-state index contributed by atoms with van der Waals surface area (Å²) in [5, 5.41) is 6.49. The Labute approximate surface area is 158 Å². The molecule has 26 heavy (non-hydrogen) atoms. The van der Waals surface area contributed by atoms with Gasteiger partial charge in [0.2, 0.25) is 0 Å². The minimum atomic E-state index is -0.433. The Morgan fingerprint density at radius 2 is 1.73 bits per heavy atom. The van der Waals surface area contributed by atoms with Crippen molar-refractivity contribution in [3.05, 3.63) is 0 Å². The number of amides is 1. The van der Waals surface area contributed by atoms with Crippen LogP contribution in [-0.4, -0.2) is 49.8 Å². The number of hydrogen-bond acceptors (Lipinski definition) is 5. The van der Waals surface area contributed by atoms with E-state index in [0.29, 0.717) is 12.6 Å². The van der Waals surface area contributed by atoms with Crippen molar-refractivity contribution in [3.8, 4) is 0 Å². The number of hydrogen-bond donors (Lipinski definition) is 2. The molecule has 1 amide bonds. The van der Waals surface area contributed by atoms with Gasteiger partial charge in [-0.05, 0) is 59.4 Å². The van der Waals surface area contributed by atoms with Gasteiger partial charge in [-0.15, -0.1) is 0 Å². The van der Waals surface area contributed by atoms with E-state index >= 15 is 0 Å². The van der Waals surface area contributed by atoms with Gasteiger partial charge in [0, 0.05) is 13.0 Å². The van der Waals surface area contributed by atoms with Crippen molar-refractivity contribution in [2.24, 2.45) is 0 Å². The van der Waals surface area contributed by atoms with Crippen LogP contribution < -0.4 is 10.6 Å². The van der Waals surface area contributed by atoms with Crippen molar-refractivity contribution in [3.63, 3.8) is 0 Å². The van der Waals surface area contributed by atoms with Crippen LogP contribution in [-0.2, 0) is 14.2 Å². The van der Waals surface area contributed by atoms with Gasteiger partial charge in [0.25, 0.3) is 0 Å². The molecule has 1 saturated carbocycles. The lowest BCUT2D eigenvalue weighted by Gasteiger charge is -2.46. The summed E-state index contributed by atoms with van der Waals surface area (Å²) in [6.45, 7) is 8.94. The van der Waals surface area contributed by atoms with Crippen molar-refractivity contribution in [2.75, 3.05) is 26.3 Å². The van der Waals surface area contributed by atoms with Gasteiger partial charge in [-0.3, -0.25) is 0 Å². The van der Waals surface area contributed by atoms with Crippen LogP contribution in [0.15, 0.2) is 0 Å². The third kappa shape index (κ3) is 7.41. The molecule has 152 valence electrons. The smallest absolute Gasteiger partial charge is 0.407 e. The Balaban J connectivity index is 1.51. The van der Waals surface area contributed by atoms with Crippen molar-refractivity contribution < 1.29 is 19.0 Å². The number of nitrogens with one attached hydrogen (secondary N) is 2. The van der Waals surface area contributed by atoms with Gasteiger partial charge in [0.15, 0.2) is 5.79 Å². The third-order valence-corrected chi connectivity index (χ3v) is 4.94. The molecule has 0 aromatic heterocycles. The molecule has 1 aliphatic heterocycles. The molecule has 6 heteroatoms. The van der Waals surface area contributed by atoms with Crippen LogP contribution in [0.5, 0.6) is 0 Å². The molecule has 1 atom stereocenters. The molecule has 1 unspecified atom stereocenters. The molecule has 0 radical (unpaired) electrons. The fraction of sp³-hybridized carbons (Fsp3) is 0.950. The average molecular weight is 371 g/mol. The average Bonchev–Trinajstić information content (AvgIpc) is 2.58. The van der Waals surface area contributed by atoms with Gasteiger partial charge in [-0.25, -0.2) is 4.79 Å². The molecule has 1 heterocycles. The maximum Gasteiger partial charge on any atom is 0.407 e. The quantitative estimate of drug-likeness (QED) is 0.637. The van der Waals surface area contributed by atoms with Crippen molar-refractivity contribution >= 4 is 6.09 Å². The molecule has 2 aliphatic rings. The second kappa shape index (κ2) is 10.5. The van der Waals surface area contributed by atoms with E-state index in [1.165, 1.54) is 12.8 Å². The monoisotopic (exact) mass is 370 g/mol. The first-order chi connectivity index (χ1) is 12.4. The van der Waals surface area contributed by atoms with E-state index in [-0.39, 0.29) is 11.9 Å². The second-order valence-corrected chi connectivity index (χ2v) is 8.46. The number of alkyl carbamates (subject to hydrolysis) is 1. The zero-order valence-corrected chi connectivity index (χ0v) is 16.9. The molecule has 0 aromatic rings. The first kappa shape index (κ1) is 21.5. The predicted octanol–water partition coefficient (Wildman–Crippen LogP) is 3.74. The summed E-state index contributed by atoms with van der Waals surface area (Å²) >= 11 is 0. The molecule has 6 nitrogen and oxygen atoms in total. The number of unbranched alkanes of at least 4 members (excludes halogenated alkanes) is 3. The number of rotatable bonds is 8. The molecule has 0 bridgehead atoms. The zero-order valence-electron chi connectivity index (χ0n) is 16.9. The molecular formula is C20H38N2O4. The summed E-state index contributed by atoms with van der Waals surface area (Å²) in [6, 6.07) is 0.324. The Morgan fingerprint density at radius 3 is 2.42 bits per heavy atom. The molecular weight excluding hydrogens is 332 g/mol. The fourth-order valence-electron chi connectivity index (χ4n) is 3.69. The van der Waals surface area contributed by atoms with Gasteiger partial charge >= 0.3 is 6.09 Å². The highest BCUT2D eigenvalue weighted by Crippen LogP contribution is 2.35. The summed E-state index contributed by atoms with van der Waals surface area (Å²) in [4.78, 5) is 11.5. The van der Waals surface area contributed by atoms with Crippen LogP contribution in [0.3, 0.4) is 0 Å². The van der Waals surface area contributed by atoms with E-state index in [1.54, 1.807) is 0 Å². The maximum atomic E-state index is 11.5. The lowest BCUT2D eigenvalue weighted by Crippen LogP contribution is -2.58. The highest BCUT2D eigenvalue weighted by atomic mass is 16.7. The minimum absolute atomic E-state index is 0.324. The van der Waals surface area contributed by atoms with E-state index in [2.05, 4.69) is 10.6 Å². The van der Waals surface area contributed by atoms with Crippen LogP contribution >= 0.6 is 0 Å². The van der Waals surface area contributed by atoms with Gasteiger partial charge in [0.05, 0.1) is 19.3 Å². The SMILES string of the molecule is CC(C)(C)OC(=O)NCCCCCCNC1CCCCC12OCCCO2. The summed E-state index contributed by atoms with van der Waals surface area (Å²) in [5.41, 5.74) is -0.433. The summed E-state index contributed by atoms with van der Waals surface area (Å²) < 4.78 is 17.3. The molecule has 1 spiro atoms. The van der Waals surface area contributed by atoms with E-state index in [0.717, 1.165) is 64.7 Å². The van der Waals surface area contributed by atoms with Gasteiger partial charge < -0.3 is 24.8 Å². The third-order valence-electron chi connectivity index (χ3n) is 4.94. The molecule has 2 rings (SSSR count). The Hall–Kier alpha value is -0.850. The zero-order chi connectivity index (χ0) is 18.9. The largest absolute Gasteiger partial charge is 0.444 e. The maximum absolute atomic E-state index is 11.5. The van der Waals surface area contributed by atoms with Crippen molar-refractivity contribution in [1.82, 2.24) is 10.6 Å². The van der Waals surface area contributed by atoms with Crippen molar-refractivity contribution in [1.29, 1.82) is 0 Å². The molecule has 2 N–H and O–H groups in total. The van der Waals surface area contributed by atoms with Gasteiger partial charge in [-0.2, -0.15) is 0 Å². The predicted molar refractivity (Wildman–Crippen MR) is 102 cm³/mol.